The average molecular weight is 349 g/mol. The van der Waals surface area contributed by atoms with Gasteiger partial charge in [0.15, 0.2) is 0 Å². The topological polar surface area (TPSA) is 35.2 Å². The van der Waals surface area contributed by atoms with E-state index in [0.717, 1.165) is 27.5 Å². The number of hydrogen-bond acceptors (Lipinski definition) is 2. The second kappa shape index (κ2) is 5.17. The van der Waals surface area contributed by atoms with E-state index in [1.165, 1.54) is 0 Å². The monoisotopic (exact) mass is 347 g/mol. The normalized spacial score (nSPS) is 27.0. The Labute approximate surface area is 113 Å². The van der Waals surface area contributed by atoms with Crippen molar-refractivity contribution in [1.29, 1.82) is 0 Å². The lowest BCUT2D eigenvalue weighted by Crippen LogP contribution is -2.30. The lowest BCUT2D eigenvalue weighted by atomic mass is 9.93. The van der Waals surface area contributed by atoms with Gasteiger partial charge in [-0.15, -0.1) is 0 Å². The number of ether oxygens (including phenoxy) is 1. The van der Waals surface area contributed by atoms with Crippen molar-refractivity contribution in [3.63, 3.8) is 0 Å². The van der Waals surface area contributed by atoms with Crippen molar-refractivity contribution in [2.75, 3.05) is 6.61 Å². The van der Waals surface area contributed by atoms with Crippen molar-refractivity contribution in [1.82, 2.24) is 0 Å². The van der Waals surface area contributed by atoms with E-state index in [4.69, 9.17) is 10.5 Å². The minimum atomic E-state index is -0.0654. The maximum absolute atomic E-state index is 6.28. The van der Waals surface area contributed by atoms with Crippen LogP contribution in [0.4, 0.5) is 0 Å². The summed E-state index contributed by atoms with van der Waals surface area (Å²) in [4.78, 5) is 0. The first kappa shape index (κ1) is 12.6. The molecule has 1 fully saturated rings. The van der Waals surface area contributed by atoms with Crippen molar-refractivity contribution in [3.05, 3.63) is 32.7 Å². The summed E-state index contributed by atoms with van der Waals surface area (Å²) in [5.74, 6) is 0.529. The van der Waals surface area contributed by atoms with Gasteiger partial charge >= 0.3 is 0 Å². The van der Waals surface area contributed by atoms with Crippen LogP contribution in [0.1, 0.15) is 24.9 Å². The predicted molar refractivity (Wildman–Crippen MR) is 72.3 cm³/mol. The SMILES string of the molecule is CC1CCOC1C(N)c1cc(Br)ccc1Br. The van der Waals surface area contributed by atoms with Crippen molar-refractivity contribution in [3.8, 4) is 0 Å². The van der Waals surface area contributed by atoms with Gasteiger partial charge < -0.3 is 10.5 Å². The number of rotatable bonds is 2. The molecule has 4 heteroatoms. The van der Waals surface area contributed by atoms with Crippen LogP contribution in [-0.4, -0.2) is 12.7 Å². The molecule has 1 aromatic carbocycles. The zero-order valence-electron chi connectivity index (χ0n) is 9.12. The van der Waals surface area contributed by atoms with Crippen LogP contribution in [0.15, 0.2) is 27.1 Å². The van der Waals surface area contributed by atoms with Crippen LogP contribution >= 0.6 is 31.9 Å². The zero-order chi connectivity index (χ0) is 11.7. The van der Waals surface area contributed by atoms with Gasteiger partial charge in [-0.2, -0.15) is 0 Å². The molecule has 1 aliphatic heterocycles. The molecule has 0 bridgehead atoms. The summed E-state index contributed by atoms with van der Waals surface area (Å²) in [6.07, 6.45) is 1.23. The molecule has 1 aromatic rings. The minimum absolute atomic E-state index is 0.0654. The summed E-state index contributed by atoms with van der Waals surface area (Å²) >= 11 is 7.01. The molecule has 0 spiro atoms. The van der Waals surface area contributed by atoms with Gasteiger partial charge in [0.2, 0.25) is 0 Å². The molecule has 16 heavy (non-hydrogen) atoms. The number of hydrogen-bond donors (Lipinski definition) is 1. The van der Waals surface area contributed by atoms with Crippen molar-refractivity contribution in [2.24, 2.45) is 11.7 Å². The highest BCUT2D eigenvalue weighted by Gasteiger charge is 2.31. The van der Waals surface area contributed by atoms with Gasteiger partial charge in [-0.25, -0.2) is 0 Å². The Balaban J connectivity index is 2.25. The molecular formula is C12H15Br2NO. The molecule has 1 heterocycles. The van der Waals surface area contributed by atoms with Gasteiger partial charge in [0.1, 0.15) is 0 Å². The zero-order valence-corrected chi connectivity index (χ0v) is 12.3. The summed E-state index contributed by atoms with van der Waals surface area (Å²) < 4.78 is 7.81. The summed E-state index contributed by atoms with van der Waals surface area (Å²) in [5.41, 5.74) is 7.39. The highest BCUT2D eigenvalue weighted by molar-refractivity contribution is 9.11. The Kier molecular flexibility index (Phi) is 4.06. The Hall–Kier alpha value is 0.1000. The molecule has 0 amide bonds. The molecule has 0 saturated carbocycles. The maximum Gasteiger partial charge on any atom is 0.0794 e. The van der Waals surface area contributed by atoms with Crippen molar-refractivity contribution in [2.45, 2.75) is 25.5 Å². The Morgan fingerprint density at radius 1 is 1.44 bits per heavy atom. The molecule has 0 aliphatic carbocycles. The third-order valence-electron chi connectivity index (χ3n) is 3.12. The Morgan fingerprint density at radius 2 is 2.19 bits per heavy atom. The third kappa shape index (κ3) is 2.50. The Bertz CT molecular complexity index is 383. The van der Waals surface area contributed by atoms with Gasteiger partial charge in [0.25, 0.3) is 0 Å². The first-order chi connectivity index (χ1) is 7.59. The second-order valence-corrected chi connectivity index (χ2v) is 6.06. The standard InChI is InChI=1S/C12H15Br2NO/c1-7-4-5-16-12(7)11(15)9-6-8(13)2-3-10(9)14/h2-3,6-7,11-12H,4-5,15H2,1H3. The maximum atomic E-state index is 6.28. The van der Waals surface area contributed by atoms with Gasteiger partial charge in [0.05, 0.1) is 12.1 Å². The minimum Gasteiger partial charge on any atom is -0.376 e. The summed E-state index contributed by atoms with van der Waals surface area (Å²) in [6.45, 7) is 3.02. The number of nitrogens with two attached hydrogens (primary N) is 1. The first-order valence-electron chi connectivity index (χ1n) is 5.41. The fraction of sp³-hybridized carbons (Fsp3) is 0.500. The summed E-state index contributed by atoms with van der Waals surface area (Å²) in [7, 11) is 0. The second-order valence-electron chi connectivity index (χ2n) is 4.29. The van der Waals surface area contributed by atoms with Gasteiger partial charge in [-0.3, -0.25) is 0 Å². The Morgan fingerprint density at radius 3 is 2.81 bits per heavy atom. The van der Waals surface area contributed by atoms with Crippen molar-refractivity contribution >= 4 is 31.9 Å². The van der Waals surface area contributed by atoms with Crippen LogP contribution in [0, 0.1) is 5.92 Å². The van der Waals surface area contributed by atoms with E-state index >= 15 is 0 Å². The van der Waals surface area contributed by atoms with Crippen LogP contribution in [0.5, 0.6) is 0 Å². The van der Waals surface area contributed by atoms with Crippen molar-refractivity contribution < 1.29 is 4.74 Å². The van der Waals surface area contributed by atoms with E-state index in [-0.39, 0.29) is 12.1 Å². The van der Waals surface area contributed by atoms with Gasteiger partial charge in [0, 0.05) is 15.6 Å². The molecule has 3 unspecified atom stereocenters. The fourth-order valence-electron chi connectivity index (χ4n) is 2.12. The first-order valence-corrected chi connectivity index (χ1v) is 7.00. The lowest BCUT2D eigenvalue weighted by molar-refractivity contribution is 0.0723. The highest BCUT2D eigenvalue weighted by atomic mass is 79.9. The van der Waals surface area contributed by atoms with E-state index in [1.807, 2.05) is 12.1 Å². The van der Waals surface area contributed by atoms with E-state index < -0.39 is 0 Å². The smallest absolute Gasteiger partial charge is 0.0794 e. The summed E-state index contributed by atoms with van der Waals surface area (Å²) in [5, 5.41) is 0. The molecule has 2 rings (SSSR count). The molecule has 1 saturated heterocycles. The molecule has 2 N–H and O–H groups in total. The highest BCUT2D eigenvalue weighted by Crippen LogP contribution is 2.34. The average Bonchev–Trinajstić information content (AvgIpc) is 2.67. The number of benzene rings is 1. The van der Waals surface area contributed by atoms with Crippen LogP contribution in [0.2, 0.25) is 0 Å². The van der Waals surface area contributed by atoms with E-state index in [0.29, 0.717) is 5.92 Å². The molecule has 88 valence electrons. The van der Waals surface area contributed by atoms with Crippen LogP contribution in [0.25, 0.3) is 0 Å². The van der Waals surface area contributed by atoms with E-state index in [1.54, 1.807) is 0 Å². The van der Waals surface area contributed by atoms with Crippen LogP contribution in [-0.2, 0) is 4.74 Å². The number of halogens is 2. The van der Waals surface area contributed by atoms with Crippen LogP contribution < -0.4 is 5.73 Å². The van der Waals surface area contributed by atoms with Gasteiger partial charge in [-0.05, 0) is 36.1 Å². The predicted octanol–water partition coefficient (Wildman–Crippen LogP) is 3.64. The van der Waals surface area contributed by atoms with Gasteiger partial charge in [-0.1, -0.05) is 38.8 Å². The lowest BCUT2D eigenvalue weighted by Gasteiger charge is -2.23. The molecular weight excluding hydrogens is 334 g/mol. The largest absolute Gasteiger partial charge is 0.376 e. The molecule has 0 aromatic heterocycles. The summed E-state index contributed by atoms with van der Waals surface area (Å²) in [6, 6.07) is 6.01. The molecule has 3 atom stereocenters. The van der Waals surface area contributed by atoms with E-state index in [9.17, 15) is 0 Å². The molecule has 2 nitrogen and oxygen atoms in total. The fourth-order valence-corrected chi connectivity index (χ4v) is 3.01. The third-order valence-corrected chi connectivity index (χ3v) is 4.33. The molecule has 1 aliphatic rings. The van der Waals surface area contributed by atoms with Crippen LogP contribution in [0.3, 0.4) is 0 Å². The quantitative estimate of drug-likeness (QED) is 0.885. The molecule has 0 radical (unpaired) electrons. The van der Waals surface area contributed by atoms with E-state index in [2.05, 4.69) is 44.8 Å².